The molecule has 0 unspecified atom stereocenters. The van der Waals surface area contributed by atoms with E-state index < -0.39 is 0 Å². The number of rotatable bonds is 6. The van der Waals surface area contributed by atoms with Crippen molar-refractivity contribution in [1.82, 2.24) is 19.7 Å². The van der Waals surface area contributed by atoms with Crippen molar-refractivity contribution in [2.75, 3.05) is 11.9 Å². The smallest absolute Gasteiger partial charge is 0.241 e. The summed E-state index contributed by atoms with van der Waals surface area (Å²) < 4.78 is 2.00. The minimum atomic E-state index is -0.0948. The summed E-state index contributed by atoms with van der Waals surface area (Å²) in [7, 11) is 0. The highest BCUT2D eigenvalue weighted by molar-refractivity contribution is 7.07. The van der Waals surface area contributed by atoms with Crippen molar-refractivity contribution in [1.29, 1.82) is 0 Å². The molecule has 146 valence electrons. The normalized spacial score (nSPS) is 17.1. The molecule has 28 heavy (non-hydrogen) atoms. The Balaban J connectivity index is 1.41. The molecule has 1 fully saturated rings. The number of carbonyl (C=O) groups excluding carboxylic acids is 1. The maximum atomic E-state index is 12.9. The van der Waals surface area contributed by atoms with Crippen LogP contribution in [0.3, 0.4) is 0 Å². The van der Waals surface area contributed by atoms with Crippen LogP contribution in [-0.4, -0.2) is 38.2 Å². The number of nitrogens with zero attached hydrogens (tertiary/aromatic N) is 4. The number of benzene rings is 1. The summed E-state index contributed by atoms with van der Waals surface area (Å²) >= 11 is 1.58. The molecule has 1 atom stereocenters. The molecule has 2 aromatic heterocycles. The maximum absolute atomic E-state index is 12.9. The minimum absolute atomic E-state index is 0.0689. The zero-order valence-electron chi connectivity index (χ0n) is 16.3. The van der Waals surface area contributed by atoms with Crippen LogP contribution in [0.5, 0.6) is 0 Å². The Hall–Kier alpha value is -2.51. The lowest BCUT2D eigenvalue weighted by molar-refractivity contribution is -0.120. The monoisotopic (exact) mass is 395 g/mol. The van der Waals surface area contributed by atoms with Gasteiger partial charge in [-0.3, -0.25) is 14.4 Å². The van der Waals surface area contributed by atoms with Crippen molar-refractivity contribution in [3.05, 3.63) is 52.6 Å². The Morgan fingerprint density at radius 1 is 1.32 bits per heavy atom. The van der Waals surface area contributed by atoms with Crippen LogP contribution in [0.15, 0.2) is 41.4 Å². The highest BCUT2D eigenvalue weighted by atomic mass is 32.1. The van der Waals surface area contributed by atoms with E-state index in [2.05, 4.69) is 34.1 Å². The third-order valence-corrected chi connectivity index (χ3v) is 6.01. The summed E-state index contributed by atoms with van der Waals surface area (Å²) in [5.41, 5.74) is 7.07. The first kappa shape index (κ1) is 18.8. The van der Waals surface area contributed by atoms with E-state index in [4.69, 9.17) is 0 Å². The Morgan fingerprint density at radius 2 is 2.14 bits per heavy atom. The third-order valence-electron chi connectivity index (χ3n) is 5.42. The number of nitrogens with one attached hydrogen (secondary N) is 1. The summed E-state index contributed by atoms with van der Waals surface area (Å²) in [5.74, 6) is 0.0689. The average molecular weight is 396 g/mol. The van der Waals surface area contributed by atoms with Gasteiger partial charge in [0.1, 0.15) is 0 Å². The van der Waals surface area contributed by atoms with E-state index in [1.165, 1.54) is 11.3 Å². The molecule has 1 saturated heterocycles. The van der Waals surface area contributed by atoms with Crippen LogP contribution >= 0.6 is 11.3 Å². The molecule has 1 aromatic carbocycles. The van der Waals surface area contributed by atoms with Crippen LogP contribution in [0.25, 0.3) is 11.3 Å². The van der Waals surface area contributed by atoms with Crippen LogP contribution in [0, 0.1) is 6.92 Å². The van der Waals surface area contributed by atoms with Crippen LogP contribution in [0.2, 0.25) is 0 Å². The molecule has 0 radical (unpaired) electrons. The standard InChI is InChI=1S/C21H25N5OS/c1-3-26-15(2)17(11-23-26)12-25-10-4-5-20(25)21(27)24-18-8-6-16(7-9-18)19-13-28-14-22-19/h6-9,11,13-14,20H,3-5,10,12H2,1-2H3,(H,24,27)/t20-/m0/s1. The molecule has 4 rings (SSSR count). The number of likely N-dealkylation sites (tertiary alicyclic amines) is 1. The van der Waals surface area contributed by atoms with Gasteiger partial charge in [0.15, 0.2) is 0 Å². The average Bonchev–Trinajstić information content (AvgIpc) is 3.45. The molecule has 0 spiro atoms. The first-order chi connectivity index (χ1) is 13.7. The van der Waals surface area contributed by atoms with Gasteiger partial charge < -0.3 is 5.32 Å². The Bertz CT molecular complexity index is 932. The van der Waals surface area contributed by atoms with Gasteiger partial charge in [-0.2, -0.15) is 5.10 Å². The van der Waals surface area contributed by atoms with Crippen molar-refractivity contribution in [3.8, 4) is 11.3 Å². The number of hydrogen-bond acceptors (Lipinski definition) is 5. The second-order valence-electron chi connectivity index (χ2n) is 7.14. The first-order valence-corrected chi connectivity index (χ1v) is 10.6. The molecular formula is C21H25N5OS. The largest absolute Gasteiger partial charge is 0.325 e. The lowest BCUT2D eigenvalue weighted by Crippen LogP contribution is -2.39. The lowest BCUT2D eigenvalue weighted by atomic mass is 10.1. The van der Waals surface area contributed by atoms with Crippen LogP contribution < -0.4 is 5.32 Å². The predicted molar refractivity (Wildman–Crippen MR) is 112 cm³/mol. The first-order valence-electron chi connectivity index (χ1n) is 9.70. The van der Waals surface area contributed by atoms with E-state index in [1.807, 2.05) is 46.0 Å². The Labute approximate surface area is 169 Å². The third kappa shape index (κ3) is 3.86. The number of amides is 1. The fraction of sp³-hybridized carbons (Fsp3) is 0.381. The van der Waals surface area contributed by atoms with Crippen molar-refractivity contribution in [2.45, 2.75) is 45.8 Å². The molecule has 6 nitrogen and oxygen atoms in total. The van der Waals surface area contributed by atoms with Gasteiger partial charge in [0.05, 0.1) is 23.4 Å². The van der Waals surface area contributed by atoms with Crippen molar-refractivity contribution in [3.63, 3.8) is 0 Å². The van der Waals surface area contributed by atoms with Crippen LogP contribution in [-0.2, 0) is 17.9 Å². The quantitative estimate of drug-likeness (QED) is 0.687. The molecule has 3 heterocycles. The highest BCUT2D eigenvalue weighted by Gasteiger charge is 2.31. The Morgan fingerprint density at radius 3 is 2.82 bits per heavy atom. The van der Waals surface area contributed by atoms with Gasteiger partial charge in [-0.1, -0.05) is 12.1 Å². The molecule has 0 aliphatic carbocycles. The molecule has 3 aromatic rings. The van der Waals surface area contributed by atoms with Crippen molar-refractivity contribution < 1.29 is 4.79 Å². The van der Waals surface area contributed by atoms with Gasteiger partial charge in [0.2, 0.25) is 5.91 Å². The van der Waals surface area contributed by atoms with E-state index in [9.17, 15) is 4.79 Å². The topological polar surface area (TPSA) is 63.1 Å². The van der Waals surface area contributed by atoms with Gasteiger partial charge in [-0.25, -0.2) is 4.98 Å². The van der Waals surface area contributed by atoms with E-state index in [-0.39, 0.29) is 11.9 Å². The summed E-state index contributed by atoms with van der Waals surface area (Å²) in [5, 5.41) is 9.53. The molecule has 1 N–H and O–H groups in total. The van der Waals surface area contributed by atoms with E-state index in [0.29, 0.717) is 0 Å². The van der Waals surface area contributed by atoms with Crippen LogP contribution in [0.4, 0.5) is 5.69 Å². The SMILES string of the molecule is CCn1ncc(CN2CCC[C@H]2C(=O)Nc2ccc(-c3cscn3)cc2)c1C. The van der Waals surface area contributed by atoms with Crippen LogP contribution in [0.1, 0.15) is 31.0 Å². The van der Waals surface area contributed by atoms with Gasteiger partial charge in [-0.15, -0.1) is 11.3 Å². The molecule has 1 amide bonds. The van der Waals surface area contributed by atoms with E-state index in [1.54, 1.807) is 11.3 Å². The van der Waals surface area contributed by atoms with E-state index in [0.717, 1.165) is 49.4 Å². The molecule has 7 heteroatoms. The number of hydrogen-bond donors (Lipinski definition) is 1. The number of aryl methyl sites for hydroxylation is 1. The molecule has 0 bridgehead atoms. The van der Waals surface area contributed by atoms with Gasteiger partial charge in [0.25, 0.3) is 0 Å². The van der Waals surface area contributed by atoms with Crippen molar-refractivity contribution in [2.24, 2.45) is 0 Å². The zero-order chi connectivity index (χ0) is 19.5. The maximum Gasteiger partial charge on any atom is 0.241 e. The summed E-state index contributed by atoms with van der Waals surface area (Å²) in [4.78, 5) is 19.5. The zero-order valence-corrected chi connectivity index (χ0v) is 17.1. The van der Waals surface area contributed by atoms with E-state index >= 15 is 0 Å². The number of aromatic nitrogens is 3. The van der Waals surface area contributed by atoms with Crippen molar-refractivity contribution >= 4 is 22.9 Å². The van der Waals surface area contributed by atoms with Gasteiger partial charge in [0, 0.05) is 41.0 Å². The predicted octanol–water partition coefficient (Wildman–Crippen LogP) is 3.94. The summed E-state index contributed by atoms with van der Waals surface area (Å²) in [6.07, 6.45) is 3.87. The number of thiazole rings is 1. The van der Waals surface area contributed by atoms with Gasteiger partial charge in [-0.05, 0) is 45.4 Å². The molecule has 0 saturated carbocycles. The fourth-order valence-corrected chi connectivity index (χ4v) is 4.36. The summed E-state index contributed by atoms with van der Waals surface area (Å²) in [6, 6.07) is 7.80. The minimum Gasteiger partial charge on any atom is -0.325 e. The molecule has 1 aliphatic heterocycles. The Kier molecular flexibility index (Phi) is 5.54. The molecular weight excluding hydrogens is 370 g/mol. The highest BCUT2D eigenvalue weighted by Crippen LogP contribution is 2.24. The second-order valence-corrected chi connectivity index (χ2v) is 7.86. The second kappa shape index (κ2) is 8.24. The number of anilines is 1. The number of carbonyl (C=O) groups is 1. The lowest BCUT2D eigenvalue weighted by Gasteiger charge is -2.23. The summed E-state index contributed by atoms with van der Waals surface area (Å²) in [6.45, 7) is 6.77. The van der Waals surface area contributed by atoms with Gasteiger partial charge >= 0.3 is 0 Å². The fourth-order valence-electron chi connectivity index (χ4n) is 3.80. The molecule has 1 aliphatic rings.